The van der Waals surface area contributed by atoms with Gasteiger partial charge in [-0.25, -0.2) is 8.42 Å². The summed E-state index contributed by atoms with van der Waals surface area (Å²) in [5.74, 6) is 0.152. The Morgan fingerprint density at radius 1 is 1.10 bits per heavy atom. The molecular formula is C30H32Cl2N4O5S. The summed E-state index contributed by atoms with van der Waals surface area (Å²) in [5, 5.41) is 9.40. The van der Waals surface area contributed by atoms with Gasteiger partial charge in [-0.2, -0.15) is 0 Å². The minimum absolute atomic E-state index is 0.0545. The van der Waals surface area contributed by atoms with Crippen molar-refractivity contribution in [2.75, 3.05) is 22.8 Å². The van der Waals surface area contributed by atoms with Crippen LogP contribution < -0.4 is 25.0 Å². The van der Waals surface area contributed by atoms with Gasteiger partial charge in [-0.15, -0.1) is 0 Å². The number of halogens is 2. The van der Waals surface area contributed by atoms with Crippen molar-refractivity contribution in [1.29, 1.82) is 0 Å². The molecule has 3 aromatic carbocycles. The fourth-order valence-electron chi connectivity index (χ4n) is 5.11. The van der Waals surface area contributed by atoms with E-state index in [-0.39, 0.29) is 26.7 Å². The summed E-state index contributed by atoms with van der Waals surface area (Å²) in [7, 11) is -4.32. The van der Waals surface area contributed by atoms with Crippen LogP contribution in [0.4, 0.5) is 11.4 Å². The summed E-state index contributed by atoms with van der Waals surface area (Å²) in [6.45, 7) is 6.30. The van der Waals surface area contributed by atoms with Gasteiger partial charge in [0.05, 0.1) is 45.4 Å². The average molecular weight is 632 g/mol. The van der Waals surface area contributed by atoms with Crippen LogP contribution >= 0.6 is 23.2 Å². The molecule has 5 rings (SSSR count). The number of benzene rings is 3. The van der Waals surface area contributed by atoms with Crippen molar-refractivity contribution in [3.05, 3.63) is 81.8 Å². The van der Waals surface area contributed by atoms with E-state index in [0.29, 0.717) is 36.9 Å². The number of nitrogens with one attached hydrogen (secondary N) is 3. The number of carbonyl (C=O) groups is 2. The van der Waals surface area contributed by atoms with Gasteiger partial charge in [-0.05, 0) is 54.4 Å². The second-order valence-corrected chi connectivity index (χ2v) is 13.4. The van der Waals surface area contributed by atoms with E-state index >= 15 is 0 Å². The number of rotatable bonds is 9. The number of hydrogen-bond donors (Lipinski definition) is 3. The van der Waals surface area contributed by atoms with Gasteiger partial charge < -0.3 is 20.7 Å². The molecule has 2 aliphatic rings. The van der Waals surface area contributed by atoms with Crippen molar-refractivity contribution in [1.82, 2.24) is 10.6 Å². The normalized spacial score (nSPS) is 18.1. The molecule has 12 heteroatoms. The quantitative estimate of drug-likeness (QED) is 0.296. The molecule has 0 aliphatic carbocycles. The highest BCUT2D eigenvalue weighted by Gasteiger charge is 2.42. The number of amides is 2. The Morgan fingerprint density at radius 2 is 1.88 bits per heavy atom. The molecular weight excluding hydrogens is 599 g/mol. The van der Waals surface area contributed by atoms with Crippen molar-refractivity contribution in [2.24, 2.45) is 5.92 Å². The van der Waals surface area contributed by atoms with Crippen LogP contribution in [0.25, 0.3) is 0 Å². The first-order valence-corrected chi connectivity index (χ1v) is 15.9. The molecule has 2 heterocycles. The van der Waals surface area contributed by atoms with Crippen LogP contribution in [0, 0.1) is 5.92 Å². The van der Waals surface area contributed by atoms with Crippen LogP contribution in [0.5, 0.6) is 5.75 Å². The van der Waals surface area contributed by atoms with E-state index in [1.165, 1.54) is 18.2 Å². The van der Waals surface area contributed by atoms with Crippen molar-refractivity contribution in [3.8, 4) is 5.75 Å². The van der Waals surface area contributed by atoms with E-state index < -0.39 is 34.3 Å². The molecule has 0 bridgehead atoms. The lowest BCUT2D eigenvalue weighted by Gasteiger charge is -2.37. The van der Waals surface area contributed by atoms with Gasteiger partial charge in [-0.3, -0.25) is 13.9 Å². The fraction of sp³-hybridized carbons (Fsp3) is 0.333. The molecule has 3 aromatic rings. The molecule has 0 saturated heterocycles. The Morgan fingerprint density at radius 3 is 2.64 bits per heavy atom. The molecule has 2 aliphatic heterocycles. The van der Waals surface area contributed by atoms with Crippen LogP contribution in [-0.4, -0.2) is 39.4 Å². The van der Waals surface area contributed by atoms with Gasteiger partial charge in [-0.1, -0.05) is 61.3 Å². The molecule has 0 spiro atoms. The highest BCUT2D eigenvalue weighted by molar-refractivity contribution is 7.93. The van der Waals surface area contributed by atoms with E-state index in [4.69, 9.17) is 27.9 Å². The van der Waals surface area contributed by atoms with Crippen LogP contribution in [0.2, 0.25) is 10.0 Å². The first-order chi connectivity index (χ1) is 20.0. The minimum Gasteiger partial charge on any atom is -0.493 e. The summed E-state index contributed by atoms with van der Waals surface area (Å²) in [4.78, 5) is 26.6. The molecule has 2 atom stereocenters. The smallest absolute Gasteiger partial charge is 0.265 e. The van der Waals surface area contributed by atoms with E-state index in [0.717, 1.165) is 22.0 Å². The predicted molar refractivity (Wildman–Crippen MR) is 164 cm³/mol. The molecule has 0 unspecified atom stereocenters. The number of fused-ring (bicyclic) bond motifs is 2. The van der Waals surface area contributed by atoms with Crippen molar-refractivity contribution >= 4 is 56.4 Å². The van der Waals surface area contributed by atoms with Gasteiger partial charge in [0.1, 0.15) is 11.8 Å². The van der Waals surface area contributed by atoms with E-state index in [1.807, 2.05) is 18.2 Å². The summed E-state index contributed by atoms with van der Waals surface area (Å²) < 4.78 is 34.8. The van der Waals surface area contributed by atoms with Gasteiger partial charge in [0, 0.05) is 18.5 Å². The van der Waals surface area contributed by atoms with Gasteiger partial charge in [0.25, 0.3) is 10.0 Å². The number of hydrogen-bond acceptors (Lipinski definition) is 6. The maximum atomic E-state index is 13.9. The minimum atomic E-state index is -4.32. The molecule has 42 heavy (non-hydrogen) atoms. The number of carbonyl (C=O) groups excluding carboxylic acids is 2. The first-order valence-electron chi connectivity index (χ1n) is 13.7. The zero-order valence-electron chi connectivity index (χ0n) is 23.2. The molecule has 222 valence electrons. The summed E-state index contributed by atoms with van der Waals surface area (Å²) in [6, 6.07) is 14.7. The van der Waals surface area contributed by atoms with Crippen LogP contribution in [0.1, 0.15) is 43.9 Å². The molecule has 0 radical (unpaired) electrons. The van der Waals surface area contributed by atoms with Gasteiger partial charge in [0.15, 0.2) is 0 Å². The summed E-state index contributed by atoms with van der Waals surface area (Å²) in [6.07, 6.45) is 0.138. The van der Waals surface area contributed by atoms with E-state index in [9.17, 15) is 18.0 Å². The van der Waals surface area contributed by atoms with Crippen LogP contribution in [0.15, 0.2) is 65.6 Å². The maximum Gasteiger partial charge on any atom is 0.265 e. The van der Waals surface area contributed by atoms with Crippen molar-refractivity contribution < 1.29 is 22.7 Å². The molecule has 3 N–H and O–H groups in total. The average Bonchev–Trinajstić information content (AvgIpc) is 2.94. The lowest BCUT2D eigenvalue weighted by molar-refractivity contribution is -0.125. The maximum absolute atomic E-state index is 13.9. The van der Waals surface area contributed by atoms with Crippen LogP contribution in [-0.2, 0) is 26.2 Å². The van der Waals surface area contributed by atoms with E-state index in [1.54, 1.807) is 24.3 Å². The molecule has 9 nitrogen and oxygen atoms in total. The van der Waals surface area contributed by atoms with Crippen LogP contribution in [0.3, 0.4) is 0 Å². The molecule has 0 fully saturated rings. The fourth-order valence-corrected chi connectivity index (χ4v) is 7.13. The Labute approximate surface area is 255 Å². The SMILES string of the molecule is CC(C)CNCc1ccc2c(c1)OCC[C@H]2NC(=O)C[C@@H]1C(=O)Nc2ccccc2N1S(=O)(=O)c1ccc(Cl)c(Cl)c1. The Bertz CT molecular complexity index is 1610. The lowest BCUT2D eigenvalue weighted by atomic mass is 9.98. The van der Waals surface area contributed by atoms with Crippen molar-refractivity contribution in [3.63, 3.8) is 0 Å². The van der Waals surface area contributed by atoms with E-state index in [2.05, 4.69) is 29.8 Å². The third kappa shape index (κ3) is 6.36. The van der Waals surface area contributed by atoms with Gasteiger partial charge in [0.2, 0.25) is 11.8 Å². The monoisotopic (exact) mass is 630 g/mol. The number of sulfonamides is 1. The first kappa shape index (κ1) is 30.2. The zero-order chi connectivity index (χ0) is 30.0. The predicted octanol–water partition coefficient (Wildman–Crippen LogP) is 5.29. The number of nitrogens with zero attached hydrogens (tertiary/aromatic N) is 1. The number of ether oxygens (including phenoxy) is 1. The Balaban J connectivity index is 1.38. The lowest BCUT2D eigenvalue weighted by Crippen LogP contribution is -2.53. The largest absolute Gasteiger partial charge is 0.493 e. The highest BCUT2D eigenvalue weighted by Crippen LogP contribution is 2.39. The molecule has 0 saturated carbocycles. The second-order valence-electron chi connectivity index (χ2n) is 10.8. The summed E-state index contributed by atoms with van der Waals surface area (Å²) in [5.41, 5.74) is 2.47. The van der Waals surface area contributed by atoms with Gasteiger partial charge >= 0.3 is 0 Å². The molecule has 2 amide bonds. The third-order valence-corrected chi connectivity index (χ3v) is 9.70. The Kier molecular flexibility index (Phi) is 8.98. The highest BCUT2D eigenvalue weighted by atomic mass is 35.5. The number of para-hydroxylation sites is 2. The Hall–Kier alpha value is -3.31. The topological polar surface area (TPSA) is 117 Å². The summed E-state index contributed by atoms with van der Waals surface area (Å²) >= 11 is 12.2. The third-order valence-electron chi connectivity index (χ3n) is 7.15. The zero-order valence-corrected chi connectivity index (χ0v) is 25.5. The van der Waals surface area contributed by atoms with Crippen molar-refractivity contribution in [2.45, 2.75) is 50.2 Å². The molecule has 0 aromatic heterocycles. The number of anilines is 2. The second kappa shape index (κ2) is 12.5. The standard InChI is InChI=1S/C30H32Cl2N4O5S/c1-18(2)16-33-17-19-7-9-21-24(11-12-41-28(21)13-19)34-29(37)15-27-30(38)35-25-5-3-4-6-26(25)36(27)42(39,40)20-8-10-22(31)23(32)14-20/h3-10,13-14,18,24,27,33H,11-12,15-17H2,1-2H3,(H,34,37)(H,35,38)/t24-,27-/m1/s1.